The zero-order valence-electron chi connectivity index (χ0n) is 48.7. The van der Waals surface area contributed by atoms with Gasteiger partial charge in [-0.2, -0.15) is 0 Å². The molecule has 1 aliphatic heterocycles. The van der Waals surface area contributed by atoms with Crippen LogP contribution < -0.4 is 31.5 Å². The number of rotatable bonds is 16. The summed E-state index contributed by atoms with van der Waals surface area (Å²) in [5.74, 6) is -5.69. The number of aliphatic carboxylic acids is 2. The number of aliphatic hydroxyl groups is 1. The van der Waals surface area contributed by atoms with Gasteiger partial charge in [-0.15, -0.1) is 68.0 Å². The fourth-order valence-corrected chi connectivity index (χ4v) is 15.2. The maximum absolute atomic E-state index is 14.4. The van der Waals surface area contributed by atoms with E-state index in [0.29, 0.717) is 75.1 Å². The van der Waals surface area contributed by atoms with Crippen LogP contribution in [0.2, 0.25) is 0 Å². The molecule has 470 valence electrons. The number of pyridine rings is 1. The highest BCUT2D eigenvalue weighted by Crippen LogP contribution is 2.41. The van der Waals surface area contributed by atoms with Crippen LogP contribution in [0, 0.1) is 18.8 Å². The van der Waals surface area contributed by atoms with Crippen molar-refractivity contribution in [1.82, 2.24) is 61.5 Å². The molecule has 26 nitrogen and oxygen atoms in total. The van der Waals surface area contributed by atoms with E-state index in [1.54, 1.807) is 70.9 Å². The van der Waals surface area contributed by atoms with E-state index in [0.717, 1.165) is 45.3 Å². The van der Waals surface area contributed by atoms with Crippen LogP contribution >= 0.6 is 68.0 Å². The number of nitrogens with zero attached hydrogens (tertiary/aromatic N) is 8. The quantitative estimate of drug-likeness (QED) is 0.0421. The Bertz CT molecular complexity index is 3980. The summed E-state index contributed by atoms with van der Waals surface area (Å²) in [7, 11) is 2.91. The van der Waals surface area contributed by atoms with Gasteiger partial charge in [0.2, 0.25) is 11.8 Å². The number of ether oxygens (including phenoxy) is 2. The molecule has 1 unspecified atom stereocenters. The standard InChI is InChI=1S/C58H59N13O13S6/c1-26(2)42-56-70-45(37(90-56)21-83-5)49(78)60-20-40(73)67-46(47(76)28-11-7-6-8-12-28)55-65-36(24-87-55)53-63-34(22-86-53)44-31(51-64-35(23-85-51)48(77)62-33(19-39(72)59-4)54-69-43(27(3)89-54)50(79)68-42)14-15-32(61-44)52-66-38(25-88-52)71(16-10-9-13-41(74)75)58(82)84-30-17-29(18-30)57(80)81/h6-8,11-12,14-15,22-26,29-30,33,42,46-47,76H,9-10,13,16-21H2,1-5H3,(H,59,72)(H,60,78)(H,62,77)(H,67,73)(H,68,79)(H,74,75)(H,80,81)/t29-,30-,33-,42?,46-,47-/m0/s1. The molecule has 1 aromatic carbocycles. The van der Waals surface area contributed by atoms with Gasteiger partial charge < -0.3 is 51.4 Å². The summed E-state index contributed by atoms with van der Waals surface area (Å²) in [5.41, 5.74) is 2.31. The maximum atomic E-state index is 14.4. The first-order valence-electron chi connectivity index (χ1n) is 28.1. The molecular formula is C58H59N13O13S6. The molecule has 4 atom stereocenters. The maximum Gasteiger partial charge on any atom is 0.415 e. The van der Waals surface area contributed by atoms with Gasteiger partial charge in [-0.3, -0.25) is 38.5 Å². The van der Waals surface area contributed by atoms with Crippen molar-refractivity contribution in [1.29, 1.82) is 0 Å². The van der Waals surface area contributed by atoms with Crippen LogP contribution in [0.4, 0.5) is 10.6 Å². The van der Waals surface area contributed by atoms with E-state index in [9.17, 15) is 53.7 Å². The number of aliphatic hydroxyl groups excluding tert-OH is 1. The van der Waals surface area contributed by atoms with E-state index >= 15 is 0 Å². The van der Waals surface area contributed by atoms with Crippen molar-refractivity contribution in [3.05, 3.63) is 111 Å². The van der Waals surface area contributed by atoms with Crippen molar-refractivity contribution >= 4 is 121 Å². The highest BCUT2D eigenvalue weighted by atomic mass is 32.1. The molecule has 1 aliphatic carbocycles. The van der Waals surface area contributed by atoms with Crippen LogP contribution in [-0.4, -0.2) is 131 Å². The molecule has 0 spiro atoms. The predicted octanol–water partition coefficient (Wildman–Crippen LogP) is 8.37. The summed E-state index contributed by atoms with van der Waals surface area (Å²) in [6.45, 7) is 4.93. The molecule has 1 fully saturated rings. The van der Waals surface area contributed by atoms with Crippen molar-refractivity contribution in [3.8, 4) is 43.4 Å². The van der Waals surface area contributed by atoms with Gasteiger partial charge in [0, 0.05) is 59.1 Å². The minimum Gasteiger partial charge on any atom is -0.481 e. The number of fused-ring (bicyclic) bond motifs is 14. The number of amides is 6. The van der Waals surface area contributed by atoms with Crippen molar-refractivity contribution in [3.63, 3.8) is 0 Å². The highest BCUT2D eigenvalue weighted by molar-refractivity contribution is 7.15. The van der Waals surface area contributed by atoms with Crippen LogP contribution in [0.15, 0.2) is 64.0 Å². The van der Waals surface area contributed by atoms with Crippen molar-refractivity contribution in [2.24, 2.45) is 11.8 Å². The summed E-state index contributed by atoms with van der Waals surface area (Å²) in [6, 6.07) is 9.23. The summed E-state index contributed by atoms with van der Waals surface area (Å²) >= 11 is 6.97. The van der Waals surface area contributed by atoms with E-state index in [2.05, 4.69) is 36.6 Å². The Morgan fingerprint density at radius 1 is 0.711 bits per heavy atom. The second-order valence-electron chi connectivity index (χ2n) is 21.2. The Hall–Kier alpha value is -8.37. The van der Waals surface area contributed by atoms with Crippen molar-refractivity contribution in [2.75, 3.05) is 32.1 Å². The Kier molecular flexibility index (Phi) is 20.6. The lowest BCUT2D eigenvalue weighted by Gasteiger charge is -2.33. The third kappa shape index (κ3) is 14.9. The first kappa shape index (κ1) is 64.6. The normalized spacial score (nSPS) is 18.3. The molecule has 90 heavy (non-hydrogen) atoms. The molecule has 0 saturated heterocycles. The first-order valence-corrected chi connectivity index (χ1v) is 33.3. The number of hydrogen-bond acceptors (Lipinski definition) is 24. The van der Waals surface area contributed by atoms with E-state index < -0.39 is 90.4 Å². The number of carbonyl (C=O) groups is 8. The minimum atomic E-state index is -1.31. The molecule has 1 saturated carbocycles. The molecule has 2 aliphatic rings. The summed E-state index contributed by atoms with van der Waals surface area (Å²) in [4.78, 5) is 143. The molecule has 7 aromatic heterocycles. The van der Waals surface area contributed by atoms with Gasteiger partial charge >= 0.3 is 18.0 Å². The van der Waals surface area contributed by atoms with E-state index in [-0.39, 0.29) is 79.1 Å². The predicted molar refractivity (Wildman–Crippen MR) is 336 cm³/mol. The third-order valence-electron chi connectivity index (χ3n) is 14.5. The minimum absolute atomic E-state index is 0.0140. The van der Waals surface area contributed by atoms with Crippen LogP contribution in [0.5, 0.6) is 0 Å². The summed E-state index contributed by atoms with van der Waals surface area (Å²) < 4.78 is 11.2. The molecule has 8 N–H and O–H groups in total. The molecule has 32 heteroatoms. The Morgan fingerprint density at radius 2 is 1.42 bits per heavy atom. The number of carboxylic acids is 2. The van der Waals surface area contributed by atoms with E-state index in [1.165, 1.54) is 41.7 Å². The number of anilines is 1. The topological polar surface area (TPSA) is 369 Å². The molecule has 8 aromatic rings. The number of methoxy groups -OCH3 is 1. The van der Waals surface area contributed by atoms with Gasteiger partial charge in [-0.25, -0.2) is 39.7 Å². The molecular weight excluding hydrogens is 1280 g/mol. The number of aryl methyl sites for hydroxylation is 1. The zero-order chi connectivity index (χ0) is 63.9. The monoisotopic (exact) mass is 1340 g/mol. The molecule has 10 bridgehead atoms. The SMILES string of the molecule is CNC(=O)C[C@@H]1NC(=O)c2csc(n2)-c2ccc(-c3nc(N(CCCCC(=O)O)C(=O)O[C@H]4C[C@H](C(=O)O)C4)cs3)nc2-c2csc(n2)-c2csc(n2)[C@H]([C@@H](O)c2ccccc2)NC(=O)CNC(=O)c2nc(sc2COC)C(C(C)C)NC(=O)c2nc1sc2C. The number of carbonyl (C=O) groups excluding carboxylic acids is 6. The number of nitrogens with one attached hydrogen (secondary N) is 5. The molecule has 8 heterocycles. The number of carboxylic acid groups (broad SMARTS) is 2. The van der Waals surface area contributed by atoms with Crippen LogP contribution in [0.25, 0.3) is 43.4 Å². The van der Waals surface area contributed by atoms with Crippen molar-refractivity contribution < 1.29 is 63.1 Å². The fraction of sp³-hybridized carbons (Fsp3) is 0.362. The number of thiazole rings is 6. The van der Waals surface area contributed by atoms with Gasteiger partial charge in [0.15, 0.2) is 0 Å². The average Bonchev–Trinajstić information content (AvgIpc) is 1.76. The van der Waals surface area contributed by atoms with E-state index in [4.69, 9.17) is 34.4 Å². The average molecular weight is 1340 g/mol. The number of benzene rings is 1. The second-order valence-corrected chi connectivity index (χ2v) is 27.0. The lowest BCUT2D eigenvalue weighted by molar-refractivity contribution is -0.148. The van der Waals surface area contributed by atoms with Crippen LogP contribution in [-0.2, 0) is 35.3 Å². The van der Waals surface area contributed by atoms with Crippen LogP contribution in [0.3, 0.4) is 0 Å². The largest absolute Gasteiger partial charge is 0.481 e. The van der Waals surface area contributed by atoms with Gasteiger partial charge in [0.05, 0.1) is 48.1 Å². The Labute approximate surface area is 537 Å². The molecule has 0 radical (unpaired) electrons. The second kappa shape index (κ2) is 28.6. The molecule has 6 amide bonds. The zero-order valence-corrected chi connectivity index (χ0v) is 53.6. The Balaban J connectivity index is 1.04. The first-order chi connectivity index (χ1) is 43.2. The van der Waals surface area contributed by atoms with Crippen molar-refractivity contribution in [2.45, 2.75) is 96.2 Å². The van der Waals surface area contributed by atoms with Gasteiger partial charge in [0.25, 0.3) is 17.7 Å². The van der Waals surface area contributed by atoms with E-state index in [1.807, 2.05) is 13.8 Å². The number of unbranched alkanes of at least 4 members (excludes halogenated alkanes) is 1. The summed E-state index contributed by atoms with van der Waals surface area (Å²) in [6.07, 6.45) is -2.22. The number of hydrogen-bond donors (Lipinski definition) is 8. The van der Waals surface area contributed by atoms with Gasteiger partial charge in [-0.05, 0) is 56.2 Å². The Morgan fingerprint density at radius 3 is 2.16 bits per heavy atom. The molecule has 10 rings (SSSR count). The highest BCUT2D eigenvalue weighted by Gasteiger charge is 2.39. The lowest BCUT2D eigenvalue weighted by Crippen LogP contribution is -2.42. The summed E-state index contributed by atoms with van der Waals surface area (Å²) in [5, 5.41) is 53.5. The fourth-order valence-electron chi connectivity index (χ4n) is 9.61. The van der Waals surface area contributed by atoms with Crippen LogP contribution in [0.1, 0.15) is 138 Å². The third-order valence-corrected chi connectivity index (χ3v) is 20.2. The van der Waals surface area contributed by atoms with Gasteiger partial charge in [-0.1, -0.05) is 44.2 Å². The smallest absolute Gasteiger partial charge is 0.415 e. The number of aromatic nitrogens is 7. The lowest BCUT2D eigenvalue weighted by atomic mass is 9.82. The van der Waals surface area contributed by atoms with Gasteiger partial charge in [0.1, 0.15) is 88.3 Å².